The third-order valence-corrected chi connectivity index (χ3v) is 3.22. The van der Waals surface area contributed by atoms with Gasteiger partial charge in [0.15, 0.2) is 6.29 Å². The molecule has 19 heavy (non-hydrogen) atoms. The molecule has 0 radical (unpaired) electrons. The Bertz CT molecular complexity index is 643. The van der Waals surface area contributed by atoms with Crippen LogP contribution in [0.2, 0.25) is 0 Å². The van der Waals surface area contributed by atoms with Crippen LogP contribution >= 0.6 is 0 Å². The molecule has 100 valence electrons. The Hall–Kier alpha value is -1.85. The van der Waals surface area contributed by atoms with Crippen LogP contribution < -0.4 is 10.3 Å². The lowest BCUT2D eigenvalue weighted by molar-refractivity contribution is -0.0522. The summed E-state index contributed by atoms with van der Waals surface area (Å²) in [5.74, 6) is 0.722. The van der Waals surface area contributed by atoms with E-state index < -0.39 is 0 Å². The van der Waals surface area contributed by atoms with Gasteiger partial charge in [0.25, 0.3) is 5.56 Å². The molecular formula is C14H15NO4. The minimum absolute atomic E-state index is 0.0696. The molecule has 0 N–H and O–H groups in total. The zero-order valence-corrected chi connectivity index (χ0v) is 10.7. The molecule has 0 atom stereocenters. The predicted octanol–water partition coefficient (Wildman–Crippen LogP) is 1.38. The molecule has 0 bridgehead atoms. The van der Waals surface area contributed by atoms with Crippen LogP contribution in [0.3, 0.4) is 0 Å². The van der Waals surface area contributed by atoms with E-state index in [1.807, 2.05) is 24.3 Å². The Balaban J connectivity index is 2.08. The van der Waals surface area contributed by atoms with Crippen molar-refractivity contribution in [1.29, 1.82) is 0 Å². The Morgan fingerprint density at radius 1 is 1.26 bits per heavy atom. The molecule has 0 spiro atoms. The number of benzene rings is 1. The molecular weight excluding hydrogens is 246 g/mol. The molecule has 1 saturated heterocycles. The van der Waals surface area contributed by atoms with Crippen molar-refractivity contribution in [2.75, 3.05) is 20.3 Å². The summed E-state index contributed by atoms with van der Waals surface area (Å²) in [6, 6.07) is 9.03. The van der Waals surface area contributed by atoms with Gasteiger partial charge >= 0.3 is 0 Å². The Kier molecular flexibility index (Phi) is 3.23. The SMILES string of the molecule is COc1ccc2ccc(=O)n(CC3OCCO3)c2c1. The van der Waals surface area contributed by atoms with Crippen molar-refractivity contribution < 1.29 is 14.2 Å². The van der Waals surface area contributed by atoms with Gasteiger partial charge in [0, 0.05) is 12.1 Å². The van der Waals surface area contributed by atoms with E-state index in [9.17, 15) is 4.79 Å². The number of aromatic nitrogens is 1. The first kappa shape index (κ1) is 12.2. The summed E-state index contributed by atoms with van der Waals surface area (Å²) >= 11 is 0. The van der Waals surface area contributed by atoms with Crippen molar-refractivity contribution >= 4 is 10.9 Å². The highest BCUT2D eigenvalue weighted by atomic mass is 16.7. The van der Waals surface area contributed by atoms with E-state index in [4.69, 9.17) is 14.2 Å². The summed E-state index contributed by atoms with van der Waals surface area (Å²) in [5.41, 5.74) is 0.755. The lowest BCUT2D eigenvalue weighted by atomic mass is 10.2. The molecule has 2 heterocycles. The van der Waals surface area contributed by atoms with Crippen LogP contribution in [0.5, 0.6) is 5.75 Å². The van der Waals surface area contributed by atoms with Gasteiger partial charge < -0.3 is 18.8 Å². The third kappa shape index (κ3) is 2.34. The van der Waals surface area contributed by atoms with Crippen molar-refractivity contribution in [2.24, 2.45) is 0 Å². The average Bonchev–Trinajstić information content (AvgIpc) is 2.94. The van der Waals surface area contributed by atoms with Crippen LogP contribution in [0.4, 0.5) is 0 Å². The monoisotopic (exact) mass is 261 g/mol. The normalized spacial score (nSPS) is 16.1. The fourth-order valence-corrected chi connectivity index (χ4v) is 2.24. The van der Waals surface area contributed by atoms with Crippen LogP contribution in [-0.2, 0) is 16.0 Å². The summed E-state index contributed by atoms with van der Waals surface area (Å²) < 4.78 is 17.7. The van der Waals surface area contributed by atoms with Crippen LogP contribution in [-0.4, -0.2) is 31.2 Å². The summed E-state index contributed by atoms with van der Waals surface area (Å²) in [7, 11) is 1.61. The molecule has 5 heteroatoms. The van der Waals surface area contributed by atoms with E-state index in [-0.39, 0.29) is 11.8 Å². The van der Waals surface area contributed by atoms with Gasteiger partial charge in [-0.2, -0.15) is 0 Å². The zero-order valence-electron chi connectivity index (χ0n) is 10.7. The summed E-state index contributed by atoms with van der Waals surface area (Å²) in [6.45, 7) is 1.55. The second-order valence-corrected chi connectivity index (χ2v) is 4.38. The molecule has 5 nitrogen and oxygen atoms in total. The molecule has 0 unspecified atom stereocenters. The fourth-order valence-electron chi connectivity index (χ4n) is 2.24. The van der Waals surface area contributed by atoms with Gasteiger partial charge in [0.1, 0.15) is 5.75 Å². The first-order chi connectivity index (χ1) is 9.28. The largest absolute Gasteiger partial charge is 0.497 e. The number of pyridine rings is 1. The maximum absolute atomic E-state index is 12.0. The number of hydrogen-bond acceptors (Lipinski definition) is 4. The highest BCUT2D eigenvalue weighted by molar-refractivity contribution is 5.80. The highest BCUT2D eigenvalue weighted by Gasteiger charge is 2.18. The first-order valence-electron chi connectivity index (χ1n) is 6.19. The highest BCUT2D eigenvalue weighted by Crippen LogP contribution is 2.20. The molecule has 0 amide bonds. The van der Waals surface area contributed by atoms with Gasteiger partial charge in [-0.05, 0) is 23.6 Å². The van der Waals surface area contributed by atoms with Gasteiger partial charge in [0.2, 0.25) is 0 Å². The zero-order chi connectivity index (χ0) is 13.2. The minimum Gasteiger partial charge on any atom is -0.497 e. The van der Waals surface area contributed by atoms with E-state index in [0.29, 0.717) is 19.8 Å². The van der Waals surface area contributed by atoms with Crippen molar-refractivity contribution in [3.8, 4) is 5.75 Å². The maximum atomic E-state index is 12.0. The number of nitrogens with zero attached hydrogens (tertiary/aromatic N) is 1. The lowest BCUT2D eigenvalue weighted by Gasteiger charge is -2.14. The number of hydrogen-bond donors (Lipinski definition) is 0. The molecule has 0 saturated carbocycles. The number of fused-ring (bicyclic) bond motifs is 1. The summed E-state index contributed by atoms with van der Waals surface area (Å²) in [4.78, 5) is 12.0. The van der Waals surface area contributed by atoms with Crippen LogP contribution in [0.1, 0.15) is 0 Å². The predicted molar refractivity (Wildman–Crippen MR) is 70.5 cm³/mol. The molecule has 1 fully saturated rings. The molecule has 1 aliphatic heterocycles. The number of methoxy groups -OCH3 is 1. The van der Waals surface area contributed by atoms with Gasteiger partial charge in [-0.3, -0.25) is 4.79 Å². The first-order valence-corrected chi connectivity index (χ1v) is 6.19. The quantitative estimate of drug-likeness (QED) is 0.837. The van der Waals surface area contributed by atoms with Gasteiger partial charge in [0.05, 0.1) is 32.4 Å². The second kappa shape index (κ2) is 5.03. The molecule has 2 aromatic rings. The van der Waals surface area contributed by atoms with E-state index in [1.54, 1.807) is 17.7 Å². The topological polar surface area (TPSA) is 49.7 Å². The van der Waals surface area contributed by atoms with Crippen LogP contribution in [0, 0.1) is 0 Å². The lowest BCUT2D eigenvalue weighted by Crippen LogP contribution is -2.26. The third-order valence-electron chi connectivity index (χ3n) is 3.22. The van der Waals surface area contributed by atoms with E-state index >= 15 is 0 Å². The van der Waals surface area contributed by atoms with Crippen molar-refractivity contribution in [3.05, 3.63) is 40.7 Å². The Morgan fingerprint density at radius 2 is 2.00 bits per heavy atom. The molecule has 3 rings (SSSR count). The smallest absolute Gasteiger partial charge is 0.251 e. The number of ether oxygens (including phenoxy) is 3. The molecule has 0 aliphatic carbocycles. The summed E-state index contributed by atoms with van der Waals surface area (Å²) in [5, 5.41) is 0.985. The number of rotatable bonds is 3. The molecule has 1 aromatic carbocycles. The van der Waals surface area contributed by atoms with Crippen molar-refractivity contribution in [2.45, 2.75) is 12.8 Å². The van der Waals surface area contributed by atoms with Gasteiger partial charge in [-0.25, -0.2) is 0 Å². The van der Waals surface area contributed by atoms with Gasteiger partial charge in [-0.1, -0.05) is 0 Å². The second-order valence-electron chi connectivity index (χ2n) is 4.38. The van der Waals surface area contributed by atoms with E-state index in [1.165, 1.54) is 0 Å². The van der Waals surface area contributed by atoms with E-state index in [0.717, 1.165) is 16.7 Å². The standard InChI is InChI=1S/C14H15NO4/c1-17-11-4-2-10-3-5-13(16)15(12(10)8-11)9-14-18-6-7-19-14/h2-5,8,14H,6-7,9H2,1H3. The van der Waals surface area contributed by atoms with E-state index in [2.05, 4.69) is 0 Å². The molecule has 1 aromatic heterocycles. The van der Waals surface area contributed by atoms with Crippen molar-refractivity contribution in [3.63, 3.8) is 0 Å². The maximum Gasteiger partial charge on any atom is 0.251 e. The summed E-state index contributed by atoms with van der Waals surface area (Å²) in [6.07, 6.45) is -0.352. The molecule has 1 aliphatic rings. The fraction of sp³-hybridized carbons (Fsp3) is 0.357. The van der Waals surface area contributed by atoms with Gasteiger partial charge in [-0.15, -0.1) is 0 Å². The van der Waals surface area contributed by atoms with Crippen LogP contribution in [0.25, 0.3) is 10.9 Å². The Morgan fingerprint density at radius 3 is 2.74 bits per heavy atom. The van der Waals surface area contributed by atoms with Crippen LogP contribution in [0.15, 0.2) is 35.1 Å². The van der Waals surface area contributed by atoms with Crippen molar-refractivity contribution in [1.82, 2.24) is 4.57 Å². The average molecular weight is 261 g/mol. The minimum atomic E-state index is -0.352. The Labute approximate surface area is 110 Å².